The molecule has 0 spiro atoms. The third kappa shape index (κ3) is 2.40. The summed E-state index contributed by atoms with van der Waals surface area (Å²) >= 11 is 0. The average Bonchev–Trinajstić information content (AvgIpc) is 2.84. The van der Waals surface area contributed by atoms with Crippen molar-refractivity contribution < 1.29 is 14.3 Å². The second-order valence-corrected chi connectivity index (χ2v) is 5.31. The van der Waals surface area contributed by atoms with Crippen molar-refractivity contribution in [1.29, 1.82) is 0 Å². The number of hydrogen-bond acceptors (Lipinski definition) is 4. The van der Waals surface area contributed by atoms with Gasteiger partial charge in [-0.05, 0) is 18.6 Å². The number of esters is 1. The van der Waals surface area contributed by atoms with Gasteiger partial charge in [-0.3, -0.25) is 9.48 Å². The van der Waals surface area contributed by atoms with Crippen LogP contribution >= 0.6 is 0 Å². The highest BCUT2D eigenvalue weighted by molar-refractivity contribution is 6.02. The molecule has 1 N–H and O–H groups in total. The zero-order valence-corrected chi connectivity index (χ0v) is 11.8. The lowest BCUT2D eigenvalue weighted by atomic mass is 9.89. The summed E-state index contributed by atoms with van der Waals surface area (Å²) in [5.41, 5.74) is 0.682. The Kier molecular flexibility index (Phi) is 3.01. The Morgan fingerprint density at radius 2 is 2.19 bits per heavy atom. The number of carbonyl (C=O) groups excluding carboxylic acids is 2. The molecule has 0 bridgehead atoms. The molecular weight excluding hydrogens is 270 g/mol. The third-order valence-electron chi connectivity index (χ3n) is 3.53. The summed E-state index contributed by atoms with van der Waals surface area (Å²) in [6, 6.07) is 7.16. The highest BCUT2D eigenvalue weighted by Crippen LogP contribution is 2.29. The molecule has 1 aliphatic rings. The Balaban J connectivity index is 1.85. The van der Waals surface area contributed by atoms with Crippen LogP contribution in [0, 0.1) is 0 Å². The minimum Gasteiger partial charge on any atom is -0.445 e. The predicted octanol–water partition coefficient (Wildman–Crippen LogP) is 1.53. The van der Waals surface area contributed by atoms with E-state index in [1.54, 1.807) is 43.2 Å². The average molecular weight is 285 g/mol. The number of aromatic nitrogens is 2. The van der Waals surface area contributed by atoms with Crippen LogP contribution in [0.4, 0.5) is 5.69 Å². The van der Waals surface area contributed by atoms with E-state index in [9.17, 15) is 9.59 Å². The van der Waals surface area contributed by atoms with Gasteiger partial charge in [0, 0.05) is 19.7 Å². The van der Waals surface area contributed by atoms with Crippen molar-refractivity contribution in [2.24, 2.45) is 7.05 Å². The van der Waals surface area contributed by atoms with Gasteiger partial charge in [-0.1, -0.05) is 18.2 Å². The number of carbonyl (C=O) groups is 2. The van der Waals surface area contributed by atoms with Crippen molar-refractivity contribution in [2.75, 3.05) is 5.32 Å². The molecule has 0 aliphatic carbocycles. The van der Waals surface area contributed by atoms with Crippen LogP contribution in [-0.2, 0) is 23.0 Å². The minimum atomic E-state index is -1.22. The number of benzene rings is 1. The van der Waals surface area contributed by atoms with E-state index in [-0.39, 0.29) is 5.91 Å². The van der Waals surface area contributed by atoms with Gasteiger partial charge in [0.05, 0.1) is 17.4 Å². The number of fused-ring (bicyclic) bond motifs is 1. The van der Waals surface area contributed by atoms with E-state index in [1.165, 1.54) is 0 Å². The molecule has 3 rings (SSSR count). The fourth-order valence-corrected chi connectivity index (χ4v) is 2.41. The summed E-state index contributed by atoms with van der Waals surface area (Å²) in [5.74, 6) is -0.834. The van der Waals surface area contributed by atoms with Gasteiger partial charge >= 0.3 is 5.97 Å². The third-order valence-corrected chi connectivity index (χ3v) is 3.53. The van der Waals surface area contributed by atoms with E-state index in [2.05, 4.69) is 10.4 Å². The summed E-state index contributed by atoms with van der Waals surface area (Å²) in [5, 5.41) is 6.71. The molecule has 21 heavy (non-hydrogen) atoms. The minimum absolute atomic E-state index is 0.348. The Hall–Kier alpha value is -2.63. The second-order valence-electron chi connectivity index (χ2n) is 5.31. The smallest absolute Gasteiger partial charge is 0.339 e. The summed E-state index contributed by atoms with van der Waals surface area (Å²) in [6.45, 7) is 1.62. The summed E-state index contributed by atoms with van der Waals surface area (Å²) in [6.07, 6.45) is 3.57. The zero-order valence-electron chi connectivity index (χ0n) is 11.8. The second kappa shape index (κ2) is 4.73. The van der Waals surface area contributed by atoms with E-state index in [4.69, 9.17) is 4.74 Å². The Morgan fingerprint density at radius 1 is 1.43 bits per heavy atom. The van der Waals surface area contributed by atoms with Crippen LogP contribution in [0.3, 0.4) is 0 Å². The maximum atomic E-state index is 12.4. The van der Waals surface area contributed by atoms with Crippen LogP contribution in [0.1, 0.15) is 22.8 Å². The first-order chi connectivity index (χ1) is 9.98. The first kappa shape index (κ1) is 13.4. The van der Waals surface area contributed by atoms with Crippen LogP contribution in [0.2, 0.25) is 0 Å². The van der Waals surface area contributed by atoms with Crippen LogP contribution < -0.4 is 5.32 Å². The molecule has 1 atom stereocenters. The zero-order chi connectivity index (χ0) is 15.0. The first-order valence-corrected chi connectivity index (χ1v) is 6.59. The Bertz CT molecular complexity index is 722. The van der Waals surface area contributed by atoms with Crippen molar-refractivity contribution in [1.82, 2.24) is 9.78 Å². The van der Waals surface area contributed by atoms with Crippen molar-refractivity contribution >= 4 is 17.6 Å². The number of rotatable bonds is 2. The molecule has 0 radical (unpaired) electrons. The van der Waals surface area contributed by atoms with Gasteiger partial charge in [0.25, 0.3) is 5.91 Å². The number of ether oxygens (including phenoxy) is 1. The SMILES string of the molecule is Cn1cc(NC(=O)C2(C)Cc3ccccc3C(=O)O2)cn1. The lowest BCUT2D eigenvalue weighted by Gasteiger charge is -2.32. The van der Waals surface area contributed by atoms with Gasteiger partial charge < -0.3 is 10.1 Å². The quantitative estimate of drug-likeness (QED) is 0.849. The standard InChI is InChI=1S/C15H15N3O3/c1-15(14(20)17-11-8-16-18(2)9-11)7-10-5-3-4-6-12(10)13(19)21-15/h3-6,8-9H,7H2,1-2H3,(H,17,20). The molecule has 1 unspecified atom stereocenters. The molecule has 108 valence electrons. The van der Waals surface area contributed by atoms with Crippen molar-refractivity contribution in [3.63, 3.8) is 0 Å². The largest absolute Gasteiger partial charge is 0.445 e. The fourth-order valence-electron chi connectivity index (χ4n) is 2.41. The summed E-state index contributed by atoms with van der Waals surface area (Å²) in [4.78, 5) is 24.5. The van der Waals surface area contributed by atoms with E-state index in [0.29, 0.717) is 17.7 Å². The molecule has 6 heteroatoms. The van der Waals surface area contributed by atoms with Gasteiger partial charge in [0.2, 0.25) is 0 Å². The van der Waals surface area contributed by atoms with Crippen molar-refractivity contribution in [3.8, 4) is 0 Å². The van der Waals surface area contributed by atoms with Crippen molar-refractivity contribution in [2.45, 2.75) is 18.9 Å². The molecule has 2 heterocycles. The highest BCUT2D eigenvalue weighted by Gasteiger charge is 2.42. The van der Waals surface area contributed by atoms with Crippen LogP contribution in [0.5, 0.6) is 0 Å². The summed E-state index contributed by atoms with van der Waals surface area (Å²) in [7, 11) is 1.76. The molecule has 0 fully saturated rings. The molecule has 2 aromatic rings. The van der Waals surface area contributed by atoms with Crippen LogP contribution in [-0.4, -0.2) is 27.3 Å². The van der Waals surface area contributed by atoms with E-state index < -0.39 is 11.6 Å². The maximum Gasteiger partial charge on any atom is 0.339 e. The molecule has 1 aromatic carbocycles. The van der Waals surface area contributed by atoms with Gasteiger partial charge in [0.15, 0.2) is 5.60 Å². The van der Waals surface area contributed by atoms with Crippen molar-refractivity contribution in [3.05, 3.63) is 47.8 Å². The molecule has 1 aliphatic heterocycles. The van der Waals surface area contributed by atoms with Gasteiger partial charge in [-0.2, -0.15) is 5.10 Å². The van der Waals surface area contributed by atoms with Gasteiger partial charge in [-0.15, -0.1) is 0 Å². The van der Waals surface area contributed by atoms with Crippen LogP contribution in [0.15, 0.2) is 36.7 Å². The number of cyclic esters (lactones) is 1. The first-order valence-electron chi connectivity index (χ1n) is 6.59. The fraction of sp³-hybridized carbons (Fsp3) is 0.267. The summed E-state index contributed by atoms with van der Waals surface area (Å²) < 4.78 is 6.95. The molecule has 1 aromatic heterocycles. The van der Waals surface area contributed by atoms with E-state index in [0.717, 1.165) is 5.56 Å². The van der Waals surface area contributed by atoms with Gasteiger partial charge in [-0.25, -0.2) is 4.79 Å². The van der Waals surface area contributed by atoms with E-state index in [1.807, 2.05) is 12.1 Å². The van der Waals surface area contributed by atoms with E-state index >= 15 is 0 Å². The number of hydrogen-bond donors (Lipinski definition) is 1. The topological polar surface area (TPSA) is 73.2 Å². The molecule has 0 saturated carbocycles. The Morgan fingerprint density at radius 3 is 2.90 bits per heavy atom. The molecule has 6 nitrogen and oxygen atoms in total. The monoisotopic (exact) mass is 285 g/mol. The lowest BCUT2D eigenvalue weighted by molar-refractivity contribution is -0.134. The Labute approximate surface area is 121 Å². The molecule has 0 saturated heterocycles. The number of amides is 1. The number of nitrogens with zero attached hydrogens (tertiary/aromatic N) is 2. The molecule has 1 amide bonds. The molecular formula is C15H15N3O3. The predicted molar refractivity (Wildman–Crippen MR) is 75.8 cm³/mol. The van der Waals surface area contributed by atoms with Crippen LogP contribution in [0.25, 0.3) is 0 Å². The number of aryl methyl sites for hydroxylation is 1. The lowest BCUT2D eigenvalue weighted by Crippen LogP contribution is -2.48. The number of anilines is 1. The van der Waals surface area contributed by atoms with Gasteiger partial charge in [0.1, 0.15) is 0 Å². The highest BCUT2D eigenvalue weighted by atomic mass is 16.6. The maximum absolute atomic E-state index is 12.4. The normalized spacial score (nSPS) is 20.6. The number of nitrogens with one attached hydrogen (secondary N) is 1.